The minimum Gasteiger partial charge on any atom is -0.444 e. The number of hydrogen-bond donors (Lipinski definition) is 0. The number of hydrogen-bond acceptors (Lipinski definition) is 2. The molecular weight excluding hydrogens is 190 g/mol. The normalized spacial score (nSPS) is 19.1. The Morgan fingerprint density at radius 1 is 1.40 bits per heavy atom. The second kappa shape index (κ2) is 4.86. The zero-order valence-electron chi connectivity index (χ0n) is 10.1. The lowest BCUT2D eigenvalue weighted by atomic mass is 9.95. The van der Waals surface area contributed by atoms with E-state index in [2.05, 4.69) is 6.92 Å². The Morgan fingerprint density at radius 2 is 1.93 bits per heavy atom. The van der Waals surface area contributed by atoms with Crippen LogP contribution in [0, 0.1) is 12.8 Å². The third-order valence-electron chi connectivity index (χ3n) is 2.67. The van der Waals surface area contributed by atoms with Gasteiger partial charge in [-0.05, 0) is 39.5 Å². The molecule has 0 atom stereocenters. The predicted molar refractivity (Wildman–Crippen MR) is 60.5 cm³/mol. The molecule has 1 rings (SSSR count). The lowest BCUT2D eigenvalue weighted by Crippen LogP contribution is -2.41. The quantitative estimate of drug-likeness (QED) is 0.669. The van der Waals surface area contributed by atoms with Gasteiger partial charge in [-0.3, -0.25) is 0 Å². The zero-order valence-corrected chi connectivity index (χ0v) is 10.1. The van der Waals surface area contributed by atoms with Gasteiger partial charge in [-0.25, -0.2) is 4.79 Å². The molecule has 1 saturated heterocycles. The number of carbonyl (C=O) groups excluding carboxylic acids is 1. The predicted octanol–water partition coefficient (Wildman–Crippen LogP) is 2.86. The fourth-order valence-corrected chi connectivity index (χ4v) is 1.73. The van der Waals surface area contributed by atoms with Crippen molar-refractivity contribution in [3.63, 3.8) is 0 Å². The van der Waals surface area contributed by atoms with Crippen LogP contribution in [0.25, 0.3) is 0 Å². The van der Waals surface area contributed by atoms with E-state index in [1.165, 1.54) is 0 Å². The molecule has 1 radical (unpaired) electrons. The summed E-state index contributed by atoms with van der Waals surface area (Å²) < 4.78 is 5.32. The number of amides is 1. The standard InChI is InChI=1S/C12H22NO2/c1-5-10-6-8-13(9-7-10)11(14)15-12(2,3)4/h10H,1,5-9H2,2-4H3. The first-order chi connectivity index (χ1) is 6.92. The Labute approximate surface area is 92.8 Å². The molecule has 0 N–H and O–H groups in total. The van der Waals surface area contributed by atoms with E-state index in [0.29, 0.717) is 5.92 Å². The van der Waals surface area contributed by atoms with E-state index in [0.717, 1.165) is 32.4 Å². The van der Waals surface area contributed by atoms with Crippen LogP contribution < -0.4 is 0 Å². The highest BCUT2D eigenvalue weighted by atomic mass is 16.6. The molecule has 0 aromatic carbocycles. The van der Waals surface area contributed by atoms with Gasteiger partial charge in [0.25, 0.3) is 0 Å². The summed E-state index contributed by atoms with van der Waals surface area (Å²) in [7, 11) is 0. The average Bonchev–Trinajstić information content (AvgIpc) is 2.15. The molecular formula is C12H22NO2. The van der Waals surface area contributed by atoms with Crippen molar-refractivity contribution in [3.05, 3.63) is 6.92 Å². The molecule has 0 aromatic heterocycles. The molecule has 1 amide bonds. The summed E-state index contributed by atoms with van der Waals surface area (Å²) in [6.07, 6.45) is 2.92. The second-order valence-corrected chi connectivity index (χ2v) is 5.20. The Hall–Kier alpha value is -0.730. The highest BCUT2D eigenvalue weighted by molar-refractivity contribution is 5.68. The van der Waals surface area contributed by atoms with Gasteiger partial charge in [-0.1, -0.05) is 13.3 Å². The SMILES string of the molecule is [CH2]CC1CCN(C(=O)OC(C)(C)C)CC1. The molecule has 0 bridgehead atoms. The molecule has 0 aromatic rings. The summed E-state index contributed by atoms with van der Waals surface area (Å²) >= 11 is 0. The van der Waals surface area contributed by atoms with Gasteiger partial charge in [0.2, 0.25) is 0 Å². The molecule has 87 valence electrons. The smallest absolute Gasteiger partial charge is 0.410 e. The Balaban J connectivity index is 2.37. The highest BCUT2D eigenvalue weighted by Crippen LogP contribution is 2.21. The van der Waals surface area contributed by atoms with Crippen LogP contribution in [0.4, 0.5) is 4.79 Å². The molecule has 1 aliphatic rings. The van der Waals surface area contributed by atoms with Crippen LogP contribution in [-0.2, 0) is 4.74 Å². The van der Waals surface area contributed by atoms with Crippen LogP contribution in [0.1, 0.15) is 40.0 Å². The Kier molecular flexibility index (Phi) is 4.00. The van der Waals surface area contributed by atoms with Crippen LogP contribution in [-0.4, -0.2) is 29.7 Å². The number of nitrogens with zero attached hydrogens (tertiary/aromatic N) is 1. The van der Waals surface area contributed by atoms with Gasteiger partial charge in [0.1, 0.15) is 5.60 Å². The molecule has 3 heteroatoms. The third-order valence-corrected chi connectivity index (χ3v) is 2.67. The van der Waals surface area contributed by atoms with Gasteiger partial charge in [0.15, 0.2) is 0 Å². The van der Waals surface area contributed by atoms with E-state index < -0.39 is 0 Å². The van der Waals surface area contributed by atoms with E-state index in [1.807, 2.05) is 20.8 Å². The third kappa shape index (κ3) is 4.10. The van der Waals surface area contributed by atoms with Crippen LogP contribution >= 0.6 is 0 Å². The summed E-state index contributed by atoms with van der Waals surface area (Å²) in [6, 6.07) is 0. The maximum Gasteiger partial charge on any atom is 0.410 e. The van der Waals surface area contributed by atoms with Crippen LogP contribution in [0.5, 0.6) is 0 Å². The highest BCUT2D eigenvalue weighted by Gasteiger charge is 2.25. The van der Waals surface area contributed by atoms with E-state index in [-0.39, 0.29) is 11.7 Å². The summed E-state index contributed by atoms with van der Waals surface area (Å²) in [5.41, 5.74) is -0.389. The first-order valence-corrected chi connectivity index (χ1v) is 5.69. The van der Waals surface area contributed by atoms with Crippen LogP contribution in [0.2, 0.25) is 0 Å². The van der Waals surface area contributed by atoms with Gasteiger partial charge >= 0.3 is 6.09 Å². The summed E-state index contributed by atoms with van der Waals surface area (Å²) in [4.78, 5) is 13.5. The number of ether oxygens (including phenoxy) is 1. The Bertz CT molecular complexity index is 212. The topological polar surface area (TPSA) is 29.5 Å². The first-order valence-electron chi connectivity index (χ1n) is 5.69. The van der Waals surface area contributed by atoms with Crippen molar-refractivity contribution in [1.29, 1.82) is 0 Å². The van der Waals surface area contributed by atoms with Gasteiger partial charge in [-0.2, -0.15) is 0 Å². The van der Waals surface area contributed by atoms with Gasteiger partial charge in [0.05, 0.1) is 0 Å². The van der Waals surface area contributed by atoms with Crippen molar-refractivity contribution >= 4 is 6.09 Å². The fraction of sp³-hybridized carbons (Fsp3) is 0.833. The van der Waals surface area contributed by atoms with Gasteiger partial charge in [0, 0.05) is 13.1 Å². The van der Waals surface area contributed by atoms with Crippen LogP contribution in [0.15, 0.2) is 0 Å². The number of likely N-dealkylation sites (tertiary alicyclic amines) is 1. The van der Waals surface area contributed by atoms with Crippen molar-refractivity contribution in [3.8, 4) is 0 Å². The van der Waals surface area contributed by atoms with E-state index in [4.69, 9.17) is 4.74 Å². The summed E-state index contributed by atoms with van der Waals surface area (Å²) in [5.74, 6) is 0.684. The van der Waals surface area contributed by atoms with Crippen LogP contribution in [0.3, 0.4) is 0 Å². The summed E-state index contributed by atoms with van der Waals surface area (Å²) in [6.45, 7) is 11.2. The molecule has 15 heavy (non-hydrogen) atoms. The molecule has 0 saturated carbocycles. The number of rotatable bonds is 1. The molecule has 0 spiro atoms. The molecule has 1 fully saturated rings. The van der Waals surface area contributed by atoms with E-state index >= 15 is 0 Å². The van der Waals surface area contributed by atoms with Crippen molar-refractivity contribution in [1.82, 2.24) is 4.90 Å². The van der Waals surface area contributed by atoms with E-state index in [9.17, 15) is 4.79 Å². The second-order valence-electron chi connectivity index (χ2n) is 5.20. The lowest BCUT2D eigenvalue weighted by Gasteiger charge is -2.33. The first kappa shape index (κ1) is 12.3. The molecule has 1 heterocycles. The van der Waals surface area contributed by atoms with Crippen molar-refractivity contribution in [2.75, 3.05) is 13.1 Å². The minimum absolute atomic E-state index is 0.176. The largest absolute Gasteiger partial charge is 0.444 e. The van der Waals surface area contributed by atoms with Crippen molar-refractivity contribution < 1.29 is 9.53 Å². The van der Waals surface area contributed by atoms with Crippen molar-refractivity contribution in [2.45, 2.75) is 45.6 Å². The molecule has 3 nitrogen and oxygen atoms in total. The molecule has 0 aliphatic carbocycles. The van der Waals surface area contributed by atoms with Gasteiger partial charge < -0.3 is 9.64 Å². The Morgan fingerprint density at radius 3 is 2.33 bits per heavy atom. The monoisotopic (exact) mass is 212 g/mol. The number of piperidine rings is 1. The molecule has 0 unspecified atom stereocenters. The number of carbonyl (C=O) groups is 1. The minimum atomic E-state index is -0.389. The van der Waals surface area contributed by atoms with Gasteiger partial charge in [-0.15, -0.1) is 0 Å². The van der Waals surface area contributed by atoms with Crippen molar-refractivity contribution in [2.24, 2.45) is 5.92 Å². The fourth-order valence-electron chi connectivity index (χ4n) is 1.73. The maximum absolute atomic E-state index is 11.7. The van der Waals surface area contributed by atoms with E-state index in [1.54, 1.807) is 4.90 Å². The zero-order chi connectivity index (χ0) is 11.5. The maximum atomic E-state index is 11.7. The summed E-state index contributed by atoms with van der Waals surface area (Å²) in [5, 5.41) is 0. The lowest BCUT2D eigenvalue weighted by molar-refractivity contribution is 0.0185. The molecule has 1 aliphatic heterocycles. The average molecular weight is 212 g/mol.